The van der Waals surface area contributed by atoms with Crippen molar-refractivity contribution >= 4 is 5.91 Å². The number of carbonyl (C=O) groups is 1. The van der Waals surface area contributed by atoms with E-state index in [2.05, 4.69) is 58.7 Å². The van der Waals surface area contributed by atoms with Crippen molar-refractivity contribution in [3.63, 3.8) is 0 Å². The molecule has 1 atom stereocenters. The fraction of sp³-hybridized carbons (Fsp3) is 0.406. The van der Waals surface area contributed by atoms with Crippen molar-refractivity contribution in [1.82, 2.24) is 10.2 Å². The number of carbonyl (C=O) groups excluding carboxylic acids is 1. The topological polar surface area (TPSA) is 61.8 Å². The molecule has 0 radical (unpaired) electrons. The SMILES string of the molecule is CCOc1cc(CN2CCC3(CC2)C[C@@H]3C(=O)NCCC(c2ccccc2)c2ccccc2)ccc1O. The van der Waals surface area contributed by atoms with E-state index in [0.717, 1.165) is 50.9 Å². The van der Waals surface area contributed by atoms with Crippen LogP contribution in [0, 0.1) is 11.3 Å². The standard InChI is InChI=1S/C32H38N2O3/c1-2-37-30-21-24(13-14-29(30)35)23-34-19-16-32(17-20-34)22-28(32)31(36)33-18-15-27(25-9-5-3-6-10-25)26-11-7-4-8-12-26/h3-14,21,27-28,35H,2,15-20,22-23H2,1H3,(H,33,36)/t28-/m1/s1. The monoisotopic (exact) mass is 498 g/mol. The van der Waals surface area contributed by atoms with Gasteiger partial charge in [-0.25, -0.2) is 0 Å². The van der Waals surface area contributed by atoms with Gasteiger partial charge in [-0.3, -0.25) is 9.69 Å². The molecule has 1 spiro atoms. The molecule has 2 fully saturated rings. The van der Waals surface area contributed by atoms with Crippen LogP contribution in [0.1, 0.15) is 55.2 Å². The Morgan fingerprint density at radius 3 is 2.30 bits per heavy atom. The molecule has 3 aromatic carbocycles. The summed E-state index contributed by atoms with van der Waals surface area (Å²) in [7, 11) is 0. The number of aromatic hydroxyl groups is 1. The maximum atomic E-state index is 13.1. The van der Waals surface area contributed by atoms with Gasteiger partial charge in [0, 0.05) is 24.9 Å². The van der Waals surface area contributed by atoms with Crippen LogP contribution in [-0.2, 0) is 11.3 Å². The molecule has 194 valence electrons. The van der Waals surface area contributed by atoms with Crippen LogP contribution in [0.3, 0.4) is 0 Å². The summed E-state index contributed by atoms with van der Waals surface area (Å²) in [6, 6.07) is 26.8. The van der Waals surface area contributed by atoms with Crippen LogP contribution in [0.2, 0.25) is 0 Å². The number of nitrogens with zero attached hydrogens (tertiary/aromatic N) is 1. The van der Waals surface area contributed by atoms with E-state index in [9.17, 15) is 9.90 Å². The molecule has 1 aliphatic carbocycles. The summed E-state index contributed by atoms with van der Waals surface area (Å²) in [4.78, 5) is 15.5. The van der Waals surface area contributed by atoms with Crippen molar-refractivity contribution in [3.8, 4) is 11.5 Å². The molecule has 1 amide bonds. The molecule has 5 nitrogen and oxygen atoms in total. The number of hydrogen-bond acceptors (Lipinski definition) is 4. The molecule has 1 aliphatic heterocycles. The summed E-state index contributed by atoms with van der Waals surface area (Å²) < 4.78 is 5.53. The van der Waals surface area contributed by atoms with Crippen molar-refractivity contribution in [1.29, 1.82) is 0 Å². The molecular formula is C32H38N2O3. The number of amides is 1. The average molecular weight is 499 g/mol. The third kappa shape index (κ3) is 5.99. The van der Waals surface area contributed by atoms with E-state index in [4.69, 9.17) is 4.74 Å². The molecule has 0 aromatic heterocycles. The van der Waals surface area contributed by atoms with Crippen molar-refractivity contribution in [2.75, 3.05) is 26.2 Å². The van der Waals surface area contributed by atoms with E-state index in [1.165, 1.54) is 11.1 Å². The first-order valence-electron chi connectivity index (χ1n) is 13.6. The molecule has 2 N–H and O–H groups in total. The van der Waals surface area contributed by atoms with Crippen LogP contribution < -0.4 is 10.1 Å². The van der Waals surface area contributed by atoms with E-state index in [1.807, 2.05) is 31.2 Å². The number of benzene rings is 3. The molecule has 0 unspecified atom stereocenters. The molecule has 1 saturated heterocycles. The van der Waals surface area contributed by atoms with Crippen LogP contribution in [0.4, 0.5) is 0 Å². The summed E-state index contributed by atoms with van der Waals surface area (Å²) in [6.07, 6.45) is 4.04. The lowest BCUT2D eigenvalue weighted by molar-refractivity contribution is -0.123. The smallest absolute Gasteiger partial charge is 0.223 e. The molecule has 0 bridgehead atoms. The van der Waals surface area contributed by atoms with Gasteiger partial charge in [0.1, 0.15) is 0 Å². The highest BCUT2D eigenvalue weighted by Gasteiger charge is 2.58. The van der Waals surface area contributed by atoms with Gasteiger partial charge >= 0.3 is 0 Å². The second-order valence-electron chi connectivity index (χ2n) is 10.6. The lowest BCUT2D eigenvalue weighted by Gasteiger charge is -2.33. The van der Waals surface area contributed by atoms with E-state index in [-0.39, 0.29) is 28.9 Å². The predicted molar refractivity (Wildman–Crippen MR) is 147 cm³/mol. The molecule has 3 aromatic rings. The second kappa shape index (κ2) is 11.4. The minimum absolute atomic E-state index is 0.153. The van der Waals surface area contributed by atoms with Crippen molar-refractivity contribution in [3.05, 3.63) is 95.6 Å². The van der Waals surface area contributed by atoms with Gasteiger partial charge in [-0.05, 0) is 79.9 Å². The number of rotatable bonds is 10. The first-order valence-corrected chi connectivity index (χ1v) is 13.6. The van der Waals surface area contributed by atoms with Crippen LogP contribution in [0.5, 0.6) is 11.5 Å². The number of nitrogens with one attached hydrogen (secondary N) is 1. The number of likely N-dealkylation sites (tertiary alicyclic amines) is 1. The highest BCUT2D eigenvalue weighted by Crippen LogP contribution is 2.59. The highest BCUT2D eigenvalue weighted by molar-refractivity contribution is 5.82. The minimum atomic E-state index is 0.153. The second-order valence-corrected chi connectivity index (χ2v) is 10.6. The molecule has 2 aliphatic rings. The molecule has 5 rings (SSSR count). The van der Waals surface area contributed by atoms with Crippen LogP contribution in [0.15, 0.2) is 78.9 Å². The zero-order valence-corrected chi connectivity index (χ0v) is 21.7. The number of ether oxygens (including phenoxy) is 1. The van der Waals surface area contributed by atoms with Crippen molar-refractivity contribution in [2.24, 2.45) is 11.3 Å². The maximum Gasteiger partial charge on any atom is 0.223 e. The van der Waals surface area contributed by atoms with Gasteiger partial charge in [0.2, 0.25) is 5.91 Å². The highest BCUT2D eigenvalue weighted by atomic mass is 16.5. The zero-order chi connectivity index (χ0) is 25.7. The minimum Gasteiger partial charge on any atom is -0.504 e. The Hall–Kier alpha value is -3.31. The van der Waals surface area contributed by atoms with Gasteiger partial charge in [0.05, 0.1) is 6.61 Å². The van der Waals surface area contributed by atoms with Crippen LogP contribution in [0.25, 0.3) is 0 Å². The lowest BCUT2D eigenvalue weighted by atomic mass is 9.88. The van der Waals surface area contributed by atoms with E-state index in [1.54, 1.807) is 6.07 Å². The Bertz CT molecular complexity index is 1130. The van der Waals surface area contributed by atoms with Gasteiger partial charge in [0.15, 0.2) is 11.5 Å². The quantitative estimate of drug-likeness (QED) is 0.375. The van der Waals surface area contributed by atoms with Crippen LogP contribution in [-0.4, -0.2) is 42.2 Å². The number of piperidine rings is 1. The van der Waals surface area contributed by atoms with Gasteiger partial charge in [0.25, 0.3) is 0 Å². The Morgan fingerprint density at radius 2 is 1.68 bits per heavy atom. The van der Waals surface area contributed by atoms with Crippen molar-refractivity contribution in [2.45, 2.75) is 45.1 Å². The Labute approximate surface area is 220 Å². The molecule has 5 heteroatoms. The number of phenolic OH excluding ortho intramolecular Hbond substituents is 1. The molecule has 1 saturated carbocycles. The summed E-state index contributed by atoms with van der Waals surface area (Å²) in [5.41, 5.74) is 3.92. The lowest BCUT2D eigenvalue weighted by Crippen LogP contribution is -2.37. The molecule has 1 heterocycles. The maximum absolute atomic E-state index is 13.1. The Kier molecular flexibility index (Phi) is 7.80. The van der Waals surface area contributed by atoms with Gasteiger partial charge < -0.3 is 15.2 Å². The van der Waals surface area contributed by atoms with Crippen molar-refractivity contribution < 1.29 is 14.6 Å². The summed E-state index contributed by atoms with van der Waals surface area (Å²) in [5, 5.41) is 13.2. The third-order valence-corrected chi connectivity index (χ3v) is 8.22. The van der Waals surface area contributed by atoms with E-state index in [0.29, 0.717) is 18.9 Å². The fourth-order valence-corrected chi connectivity index (χ4v) is 5.97. The Balaban J connectivity index is 1.10. The fourth-order valence-electron chi connectivity index (χ4n) is 5.97. The van der Waals surface area contributed by atoms with E-state index < -0.39 is 0 Å². The normalized spacial score (nSPS) is 18.6. The number of phenols is 1. The first-order chi connectivity index (χ1) is 18.1. The number of hydrogen-bond donors (Lipinski definition) is 2. The molecule has 37 heavy (non-hydrogen) atoms. The van der Waals surface area contributed by atoms with E-state index >= 15 is 0 Å². The Morgan fingerprint density at radius 1 is 1.03 bits per heavy atom. The third-order valence-electron chi connectivity index (χ3n) is 8.22. The zero-order valence-electron chi connectivity index (χ0n) is 21.7. The van der Waals surface area contributed by atoms with Gasteiger partial charge in [-0.2, -0.15) is 0 Å². The average Bonchev–Trinajstić information content (AvgIpc) is 3.64. The summed E-state index contributed by atoms with van der Waals surface area (Å²) >= 11 is 0. The summed E-state index contributed by atoms with van der Waals surface area (Å²) in [6.45, 7) is 5.98. The first kappa shape index (κ1) is 25.3. The van der Waals surface area contributed by atoms with Gasteiger partial charge in [-0.15, -0.1) is 0 Å². The largest absolute Gasteiger partial charge is 0.504 e. The van der Waals surface area contributed by atoms with Crippen LogP contribution >= 0.6 is 0 Å². The molecular weight excluding hydrogens is 460 g/mol. The summed E-state index contributed by atoms with van der Waals surface area (Å²) in [5.74, 6) is 1.40. The predicted octanol–water partition coefficient (Wildman–Crippen LogP) is 5.73. The van der Waals surface area contributed by atoms with Gasteiger partial charge in [-0.1, -0.05) is 66.7 Å².